The highest BCUT2D eigenvalue weighted by Gasteiger charge is 2.38. The van der Waals surface area contributed by atoms with Gasteiger partial charge in [-0.15, -0.1) is 0 Å². The van der Waals surface area contributed by atoms with Gasteiger partial charge >= 0.3 is 0 Å². The molecule has 2 heterocycles. The lowest BCUT2D eigenvalue weighted by Gasteiger charge is -2.21. The summed E-state index contributed by atoms with van der Waals surface area (Å²) in [6.07, 6.45) is 2.43. The van der Waals surface area contributed by atoms with Crippen LogP contribution in [-0.2, 0) is 6.54 Å². The first-order chi connectivity index (χ1) is 11.4. The fourth-order valence-corrected chi connectivity index (χ4v) is 3.51. The maximum Gasteiger partial charge on any atom is 0.251 e. The largest absolute Gasteiger partial charge is 0.299 e. The van der Waals surface area contributed by atoms with Crippen LogP contribution >= 0.6 is 0 Å². The van der Waals surface area contributed by atoms with Crippen LogP contribution in [0.4, 0.5) is 8.78 Å². The summed E-state index contributed by atoms with van der Waals surface area (Å²) in [6, 6.07) is 8.30. The van der Waals surface area contributed by atoms with Gasteiger partial charge in [0.1, 0.15) is 0 Å². The Hall–Kier alpha value is -1.55. The number of pyridine rings is 1. The molecule has 130 valence electrons. The summed E-state index contributed by atoms with van der Waals surface area (Å²) >= 11 is 0. The summed E-state index contributed by atoms with van der Waals surface area (Å²) in [6.45, 7) is 7.81. The normalized spacial score (nSPS) is 22.0. The van der Waals surface area contributed by atoms with Crippen LogP contribution in [0.15, 0.2) is 30.5 Å². The number of benzene rings is 1. The second-order valence-electron chi connectivity index (χ2n) is 7.35. The number of hydrogen-bond acceptors (Lipinski definition) is 2. The van der Waals surface area contributed by atoms with Gasteiger partial charge in [-0.25, -0.2) is 8.78 Å². The zero-order valence-electron chi connectivity index (χ0n) is 14.7. The second-order valence-corrected chi connectivity index (χ2v) is 7.35. The van der Waals surface area contributed by atoms with E-state index in [1.54, 1.807) is 6.92 Å². The fraction of sp³-hybridized carbons (Fsp3) is 0.550. The average molecular weight is 332 g/mol. The highest BCUT2D eigenvalue weighted by atomic mass is 19.3. The van der Waals surface area contributed by atoms with Gasteiger partial charge in [0.25, 0.3) is 5.92 Å². The minimum absolute atomic E-state index is 0.0520. The van der Waals surface area contributed by atoms with Crippen molar-refractivity contribution in [1.29, 1.82) is 0 Å². The van der Waals surface area contributed by atoms with Crippen molar-refractivity contribution in [3.05, 3.63) is 41.7 Å². The molecular weight excluding hydrogens is 306 g/mol. The van der Waals surface area contributed by atoms with Gasteiger partial charge in [-0.2, -0.15) is 0 Å². The molecule has 0 bridgehead atoms. The lowest BCUT2D eigenvalue weighted by molar-refractivity contribution is -0.0545. The van der Waals surface area contributed by atoms with E-state index in [0.29, 0.717) is 25.4 Å². The predicted molar refractivity (Wildman–Crippen MR) is 94.5 cm³/mol. The first-order valence-electron chi connectivity index (χ1n) is 8.85. The Morgan fingerprint density at radius 2 is 1.92 bits per heavy atom. The molecule has 0 aliphatic carbocycles. The minimum atomic E-state index is -2.55. The van der Waals surface area contributed by atoms with Gasteiger partial charge in [0.15, 0.2) is 0 Å². The third-order valence-corrected chi connectivity index (χ3v) is 5.21. The molecule has 4 heteroatoms. The number of fused-ring (bicyclic) bond motifs is 1. The van der Waals surface area contributed by atoms with Crippen LogP contribution in [0.2, 0.25) is 0 Å². The smallest absolute Gasteiger partial charge is 0.251 e. The van der Waals surface area contributed by atoms with Gasteiger partial charge in [0.2, 0.25) is 0 Å². The molecule has 1 saturated heterocycles. The molecule has 1 aliphatic heterocycles. The van der Waals surface area contributed by atoms with E-state index in [1.807, 2.05) is 18.3 Å². The Kier molecular flexibility index (Phi) is 4.86. The Labute approximate surface area is 142 Å². The molecule has 0 amide bonds. The number of likely N-dealkylation sites (tertiary alicyclic amines) is 1. The van der Waals surface area contributed by atoms with E-state index in [9.17, 15) is 8.78 Å². The van der Waals surface area contributed by atoms with E-state index >= 15 is 0 Å². The van der Waals surface area contributed by atoms with E-state index in [1.165, 1.54) is 10.8 Å². The Morgan fingerprint density at radius 1 is 1.21 bits per heavy atom. The highest BCUT2D eigenvalue weighted by Crippen LogP contribution is 2.34. The maximum absolute atomic E-state index is 13.9. The van der Waals surface area contributed by atoms with Crippen LogP contribution in [0, 0.1) is 5.92 Å². The molecule has 0 radical (unpaired) electrons. The van der Waals surface area contributed by atoms with Crippen molar-refractivity contribution in [2.24, 2.45) is 5.92 Å². The molecule has 1 atom stereocenters. The quantitative estimate of drug-likeness (QED) is 0.765. The Morgan fingerprint density at radius 3 is 2.62 bits per heavy atom. The van der Waals surface area contributed by atoms with Crippen LogP contribution < -0.4 is 0 Å². The van der Waals surface area contributed by atoms with Crippen LogP contribution in [0.5, 0.6) is 0 Å². The molecule has 2 aromatic rings. The van der Waals surface area contributed by atoms with Gasteiger partial charge in [-0.1, -0.05) is 45.0 Å². The summed E-state index contributed by atoms with van der Waals surface area (Å²) in [7, 11) is 0. The topological polar surface area (TPSA) is 16.1 Å². The average Bonchev–Trinajstić information content (AvgIpc) is 2.68. The summed E-state index contributed by atoms with van der Waals surface area (Å²) in [5.74, 6) is -2.72. The van der Waals surface area contributed by atoms with E-state index in [-0.39, 0.29) is 6.42 Å². The number of halogens is 2. The molecule has 1 fully saturated rings. The molecular formula is C20H26F2N2. The van der Waals surface area contributed by atoms with Crippen molar-refractivity contribution in [3.63, 3.8) is 0 Å². The lowest BCUT2D eigenvalue weighted by Crippen LogP contribution is -2.27. The van der Waals surface area contributed by atoms with Crippen molar-refractivity contribution in [2.45, 2.75) is 52.0 Å². The molecule has 1 aromatic heterocycles. The monoisotopic (exact) mass is 332 g/mol. The Balaban J connectivity index is 1.87. The zero-order valence-corrected chi connectivity index (χ0v) is 14.7. The molecule has 0 spiro atoms. The second kappa shape index (κ2) is 6.75. The highest BCUT2D eigenvalue weighted by molar-refractivity contribution is 5.87. The van der Waals surface area contributed by atoms with Gasteiger partial charge in [0.05, 0.1) is 5.69 Å². The zero-order chi connectivity index (χ0) is 17.3. The first-order valence-corrected chi connectivity index (χ1v) is 8.85. The van der Waals surface area contributed by atoms with Gasteiger partial charge in [-0.05, 0) is 29.8 Å². The summed E-state index contributed by atoms with van der Waals surface area (Å²) in [5.41, 5.74) is 2.23. The molecule has 2 nitrogen and oxygen atoms in total. The van der Waals surface area contributed by atoms with Crippen molar-refractivity contribution in [3.8, 4) is 0 Å². The van der Waals surface area contributed by atoms with E-state index in [2.05, 4.69) is 35.9 Å². The van der Waals surface area contributed by atoms with Crippen LogP contribution in [0.3, 0.4) is 0 Å². The molecule has 24 heavy (non-hydrogen) atoms. The third kappa shape index (κ3) is 3.44. The van der Waals surface area contributed by atoms with Crippen molar-refractivity contribution >= 4 is 10.8 Å². The predicted octanol–water partition coefficient (Wildman–Crippen LogP) is 5.23. The summed E-state index contributed by atoms with van der Waals surface area (Å²) < 4.78 is 27.9. The number of hydrogen-bond donors (Lipinski definition) is 0. The third-order valence-electron chi connectivity index (χ3n) is 5.21. The van der Waals surface area contributed by atoms with Gasteiger partial charge in [-0.3, -0.25) is 9.88 Å². The van der Waals surface area contributed by atoms with Crippen molar-refractivity contribution in [2.75, 3.05) is 13.1 Å². The first kappa shape index (κ1) is 17.3. The number of alkyl halides is 2. The maximum atomic E-state index is 13.9. The Bertz CT molecular complexity index is 712. The summed E-state index contributed by atoms with van der Waals surface area (Å²) in [5, 5.41) is 2.37. The van der Waals surface area contributed by atoms with Crippen LogP contribution in [-0.4, -0.2) is 28.9 Å². The summed E-state index contributed by atoms with van der Waals surface area (Å²) in [4.78, 5) is 6.81. The fourth-order valence-electron chi connectivity index (χ4n) is 3.51. The standard InChI is InChI=1S/C20H26F2N2/c1-14(2)19-18-7-5-4-6-17(18)16(12-23-19)13-24-10-8-15(3)20(21,22)9-11-24/h4-7,12,14-15H,8-11,13H2,1-3H3. The van der Waals surface area contributed by atoms with E-state index in [4.69, 9.17) is 0 Å². The molecule has 1 aromatic carbocycles. The molecule has 0 N–H and O–H groups in total. The SMILES string of the molecule is CC(C)c1ncc(CN2CCC(C)C(F)(F)CC2)c2ccccc12. The van der Waals surface area contributed by atoms with Crippen LogP contribution in [0.25, 0.3) is 10.8 Å². The van der Waals surface area contributed by atoms with Gasteiger partial charge < -0.3 is 0 Å². The van der Waals surface area contributed by atoms with E-state index < -0.39 is 11.8 Å². The number of aromatic nitrogens is 1. The lowest BCUT2D eigenvalue weighted by atomic mass is 9.99. The minimum Gasteiger partial charge on any atom is -0.299 e. The van der Waals surface area contributed by atoms with Crippen LogP contribution in [0.1, 0.15) is 50.8 Å². The number of nitrogens with zero attached hydrogens (tertiary/aromatic N) is 2. The molecule has 0 saturated carbocycles. The molecule has 3 rings (SSSR count). The molecule has 1 aliphatic rings. The van der Waals surface area contributed by atoms with Crippen molar-refractivity contribution < 1.29 is 8.78 Å². The van der Waals surface area contributed by atoms with Crippen molar-refractivity contribution in [1.82, 2.24) is 9.88 Å². The molecule has 1 unspecified atom stereocenters. The number of rotatable bonds is 3. The van der Waals surface area contributed by atoms with Gasteiger partial charge in [0, 0.05) is 37.0 Å². The van der Waals surface area contributed by atoms with E-state index in [0.717, 1.165) is 17.8 Å².